The first-order valence-electron chi connectivity index (χ1n) is 7.02. The summed E-state index contributed by atoms with van der Waals surface area (Å²) in [5.74, 6) is -0.540. The van der Waals surface area contributed by atoms with Gasteiger partial charge in [0.1, 0.15) is 0 Å². The van der Waals surface area contributed by atoms with Crippen molar-refractivity contribution < 1.29 is 18.0 Å². The minimum absolute atomic E-state index is 0.00202. The molecule has 24 heavy (non-hydrogen) atoms. The fourth-order valence-electron chi connectivity index (χ4n) is 2.17. The Labute approximate surface area is 140 Å². The second kappa shape index (κ2) is 6.72. The normalized spacial score (nSPS) is 11.6. The number of hydrogen-bond donors (Lipinski definition) is 2. The highest BCUT2D eigenvalue weighted by Crippen LogP contribution is 2.33. The topological polar surface area (TPSA) is 66.9 Å². The van der Waals surface area contributed by atoms with Gasteiger partial charge in [-0.25, -0.2) is 4.79 Å². The zero-order valence-electron chi connectivity index (χ0n) is 12.9. The molecule has 1 amide bonds. The summed E-state index contributed by atoms with van der Waals surface area (Å²) in [6.45, 7) is 3.57. The van der Waals surface area contributed by atoms with Crippen LogP contribution in [0.25, 0.3) is 0 Å². The summed E-state index contributed by atoms with van der Waals surface area (Å²) in [6.07, 6.45) is -4.61. The number of carbonyl (C=O) groups is 1. The Balaban J connectivity index is 2.09. The molecule has 2 N–H and O–H groups in total. The number of carbonyl (C=O) groups excluding carboxylic acids is 1. The van der Waals surface area contributed by atoms with Gasteiger partial charge in [-0.1, -0.05) is 11.6 Å². The van der Waals surface area contributed by atoms with E-state index in [2.05, 4.69) is 10.3 Å². The van der Waals surface area contributed by atoms with Crippen LogP contribution in [-0.4, -0.2) is 15.5 Å². The van der Waals surface area contributed by atoms with Crippen LogP contribution in [0.2, 0.25) is 5.02 Å². The molecule has 1 aromatic carbocycles. The molecule has 1 aromatic heterocycles. The van der Waals surface area contributed by atoms with Gasteiger partial charge in [0.2, 0.25) is 5.91 Å². The van der Waals surface area contributed by atoms with Gasteiger partial charge in [-0.2, -0.15) is 13.2 Å². The fraction of sp³-hybridized carbons (Fsp3) is 0.333. The fourth-order valence-corrected chi connectivity index (χ4v) is 2.33. The van der Waals surface area contributed by atoms with Crippen molar-refractivity contribution >= 4 is 23.2 Å². The van der Waals surface area contributed by atoms with E-state index in [4.69, 9.17) is 11.6 Å². The van der Waals surface area contributed by atoms with Crippen molar-refractivity contribution in [2.45, 2.75) is 33.0 Å². The van der Waals surface area contributed by atoms with E-state index < -0.39 is 17.6 Å². The largest absolute Gasteiger partial charge is 0.416 e. The maximum absolute atomic E-state index is 12.7. The molecule has 0 aliphatic carbocycles. The lowest BCUT2D eigenvalue weighted by Crippen LogP contribution is -2.22. The SMILES string of the molecule is Cc1[nH]c(=O)n(CCC(=O)Nc2cc(C(F)(F)F)ccc2Cl)c1C. The number of anilines is 1. The van der Waals surface area contributed by atoms with Crippen LogP contribution in [0.5, 0.6) is 0 Å². The lowest BCUT2D eigenvalue weighted by atomic mass is 10.2. The molecule has 0 aliphatic heterocycles. The van der Waals surface area contributed by atoms with E-state index in [0.717, 1.165) is 18.2 Å². The number of imidazole rings is 1. The van der Waals surface area contributed by atoms with Crippen LogP contribution in [0.1, 0.15) is 23.4 Å². The van der Waals surface area contributed by atoms with Crippen molar-refractivity contribution in [2.75, 3.05) is 5.32 Å². The molecule has 9 heteroatoms. The van der Waals surface area contributed by atoms with Gasteiger partial charge in [0.15, 0.2) is 0 Å². The number of H-pyrrole nitrogens is 1. The van der Waals surface area contributed by atoms with Crippen LogP contribution < -0.4 is 11.0 Å². The van der Waals surface area contributed by atoms with Gasteiger partial charge in [-0.05, 0) is 32.0 Å². The number of aryl methyl sites for hydroxylation is 1. The van der Waals surface area contributed by atoms with Crippen LogP contribution in [0, 0.1) is 13.8 Å². The van der Waals surface area contributed by atoms with E-state index in [1.165, 1.54) is 4.57 Å². The molecule has 0 atom stereocenters. The first kappa shape index (κ1) is 18.1. The van der Waals surface area contributed by atoms with Crippen molar-refractivity contribution in [1.29, 1.82) is 0 Å². The van der Waals surface area contributed by atoms with E-state index in [9.17, 15) is 22.8 Å². The quantitative estimate of drug-likeness (QED) is 0.875. The Morgan fingerprint density at radius 2 is 2.00 bits per heavy atom. The molecule has 2 aromatic rings. The summed E-state index contributed by atoms with van der Waals surface area (Å²) in [5.41, 5.74) is 0.0301. The van der Waals surface area contributed by atoms with Gasteiger partial charge < -0.3 is 10.3 Å². The van der Waals surface area contributed by atoms with Crippen molar-refractivity contribution in [3.8, 4) is 0 Å². The van der Waals surface area contributed by atoms with Gasteiger partial charge in [-0.3, -0.25) is 9.36 Å². The molecule has 5 nitrogen and oxygen atoms in total. The molecule has 2 rings (SSSR count). The Bertz CT molecular complexity index is 824. The smallest absolute Gasteiger partial charge is 0.325 e. The predicted molar refractivity (Wildman–Crippen MR) is 84.2 cm³/mol. The van der Waals surface area contributed by atoms with Crippen LogP contribution in [-0.2, 0) is 17.5 Å². The number of nitrogens with zero attached hydrogens (tertiary/aromatic N) is 1. The summed E-state index contributed by atoms with van der Waals surface area (Å²) < 4.78 is 39.5. The van der Waals surface area contributed by atoms with Crippen molar-refractivity contribution in [2.24, 2.45) is 0 Å². The maximum atomic E-state index is 12.7. The molecule has 1 heterocycles. The Kier molecular flexibility index (Phi) is 5.08. The zero-order chi connectivity index (χ0) is 18.1. The predicted octanol–water partition coefficient (Wildman–Crippen LogP) is 3.49. The molecular weight excluding hydrogens is 347 g/mol. The second-order valence-corrected chi connectivity index (χ2v) is 5.69. The van der Waals surface area contributed by atoms with E-state index in [-0.39, 0.29) is 29.4 Å². The molecule has 0 saturated carbocycles. The Morgan fingerprint density at radius 3 is 2.54 bits per heavy atom. The first-order valence-corrected chi connectivity index (χ1v) is 7.40. The van der Waals surface area contributed by atoms with E-state index in [1.807, 2.05) is 0 Å². The van der Waals surface area contributed by atoms with E-state index in [1.54, 1.807) is 13.8 Å². The highest BCUT2D eigenvalue weighted by Gasteiger charge is 2.31. The number of aromatic nitrogens is 2. The lowest BCUT2D eigenvalue weighted by molar-refractivity contribution is -0.137. The number of rotatable bonds is 4. The molecule has 0 saturated heterocycles. The molecule has 0 bridgehead atoms. The number of hydrogen-bond acceptors (Lipinski definition) is 2. The molecule has 0 radical (unpaired) electrons. The van der Waals surface area contributed by atoms with Crippen LogP contribution in [0.4, 0.5) is 18.9 Å². The molecule has 0 spiro atoms. The molecule has 0 unspecified atom stereocenters. The summed E-state index contributed by atoms with van der Waals surface area (Å²) >= 11 is 5.82. The zero-order valence-corrected chi connectivity index (χ0v) is 13.7. The number of halogens is 4. The number of nitrogens with one attached hydrogen (secondary N) is 2. The van der Waals surface area contributed by atoms with E-state index >= 15 is 0 Å². The van der Waals surface area contributed by atoms with Crippen LogP contribution in [0.15, 0.2) is 23.0 Å². The third kappa shape index (κ3) is 4.00. The van der Waals surface area contributed by atoms with Gasteiger partial charge >= 0.3 is 11.9 Å². The van der Waals surface area contributed by atoms with Gasteiger partial charge in [0, 0.05) is 24.4 Å². The minimum Gasteiger partial charge on any atom is -0.325 e. The van der Waals surface area contributed by atoms with Gasteiger partial charge in [-0.15, -0.1) is 0 Å². The average Bonchev–Trinajstić information content (AvgIpc) is 2.71. The maximum Gasteiger partial charge on any atom is 0.416 e. The summed E-state index contributed by atoms with van der Waals surface area (Å²) in [4.78, 5) is 26.2. The minimum atomic E-state index is -4.53. The molecular formula is C15H15ClF3N3O2. The van der Waals surface area contributed by atoms with Crippen molar-refractivity contribution in [1.82, 2.24) is 9.55 Å². The third-order valence-corrected chi connectivity index (χ3v) is 3.95. The number of alkyl halides is 3. The monoisotopic (exact) mass is 361 g/mol. The van der Waals surface area contributed by atoms with Gasteiger partial charge in [0.25, 0.3) is 0 Å². The van der Waals surface area contributed by atoms with Crippen LogP contribution in [0.3, 0.4) is 0 Å². The highest BCUT2D eigenvalue weighted by molar-refractivity contribution is 6.33. The van der Waals surface area contributed by atoms with Crippen molar-refractivity contribution in [3.05, 3.63) is 50.7 Å². The average molecular weight is 362 g/mol. The Morgan fingerprint density at radius 1 is 1.33 bits per heavy atom. The molecule has 0 aliphatic rings. The number of amides is 1. The highest BCUT2D eigenvalue weighted by atomic mass is 35.5. The lowest BCUT2D eigenvalue weighted by Gasteiger charge is -2.12. The summed E-state index contributed by atoms with van der Waals surface area (Å²) in [5, 5.41) is 2.34. The molecule has 130 valence electrons. The summed E-state index contributed by atoms with van der Waals surface area (Å²) in [6, 6.07) is 2.69. The van der Waals surface area contributed by atoms with E-state index in [0.29, 0.717) is 11.4 Å². The summed E-state index contributed by atoms with van der Waals surface area (Å²) in [7, 11) is 0. The van der Waals surface area contributed by atoms with Crippen molar-refractivity contribution in [3.63, 3.8) is 0 Å². The van der Waals surface area contributed by atoms with Crippen LogP contribution >= 0.6 is 11.6 Å². The molecule has 0 fully saturated rings. The number of benzene rings is 1. The van der Waals surface area contributed by atoms with Gasteiger partial charge in [0.05, 0.1) is 16.3 Å². The standard InChI is InChI=1S/C15H15ClF3N3O2/c1-8-9(2)22(14(24)20-8)6-5-13(23)21-12-7-10(15(17,18)19)3-4-11(12)16/h3-4,7H,5-6H2,1-2H3,(H,20,24)(H,21,23). The number of aromatic amines is 1. The Hall–Kier alpha value is -2.22. The first-order chi connectivity index (χ1) is 11.1. The third-order valence-electron chi connectivity index (χ3n) is 3.62. The second-order valence-electron chi connectivity index (χ2n) is 5.28.